The van der Waals surface area contributed by atoms with Crippen molar-refractivity contribution in [3.63, 3.8) is 0 Å². The lowest BCUT2D eigenvalue weighted by Gasteiger charge is -2.15. The Kier molecular flexibility index (Phi) is 10.4. The first-order valence-electron chi connectivity index (χ1n) is 7.08. The Morgan fingerprint density at radius 2 is 1.72 bits per heavy atom. The molecule has 0 spiro atoms. The van der Waals surface area contributed by atoms with Crippen LogP contribution in [0.4, 0.5) is 0 Å². The summed E-state index contributed by atoms with van der Waals surface area (Å²) in [6, 6.07) is 0. The van der Waals surface area contributed by atoms with E-state index in [1.807, 2.05) is 0 Å². The van der Waals surface area contributed by atoms with Crippen LogP contribution in [-0.2, 0) is 14.3 Å². The number of rotatable bonds is 10. The molecule has 0 rings (SSSR count). The van der Waals surface area contributed by atoms with Crippen LogP contribution in [0.5, 0.6) is 0 Å². The second-order valence-corrected chi connectivity index (χ2v) is 4.47. The van der Waals surface area contributed by atoms with Gasteiger partial charge in [0.15, 0.2) is 0 Å². The fourth-order valence-corrected chi connectivity index (χ4v) is 1.93. The number of carbonyl (C=O) groups excluding carboxylic acids is 2. The summed E-state index contributed by atoms with van der Waals surface area (Å²) in [6.45, 7) is 6.95. The van der Waals surface area contributed by atoms with Crippen LogP contribution >= 0.6 is 0 Å². The molecule has 0 bridgehead atoms. The fraction of sp³-hybridized carbons (Fsp3) is 0.857. The van der Waals surface area contributed by atoms with Gasteiger partial charge in [-0.2, -0.15) is 0 Å². The van der Waals surface area contributed by atoms with Crippen molar-refractivity contribution in [1.82, 2.24) is 5.32 Å². The Morgan fingerprint density at radius 1 is 1.11 bits per heavy atom. The van der Waals surface area contributed by atoms with Crippen molar-refractivity contribution in [2.75, 3.05) is 13.2 Å². The van der Waals surface area contributed by atoms with Crippen molar-refractivity contribution in [3.05, 3.63) is 0 Å². The number of esters is 1. The normalized spacial score (nSPS) is 10.4. The molecule has 0 saturated heterocycles. The van der Waals surface area contributed by atoms with Crippen molar-refractivity contribution >= 4 is 11.9 Å². The predicted octanol–water partition coefficient (Wildman–Crippen LogP) is 2.66. The van der Waals surface area contributed by atoms with Crippen LogP contribution in [0.1, 0.15) is 59.3 Å². The van der Waals surface area contributed by atoms with Gasteiger partial charge in [-0.1, -0.05) is 26.7 Å². The molecule has 0 radical (unpaired) electrons. The number of carbonyl (C=O) groups is 2. The van der Waals surface area contributed by atoms with Gasteiger partial charge >= 0.3 is 5.97 Å². The topological polar surface area (TPSA) is 55.4 Å². The predicted molar refractivity (Wildman–Crippen MR) is 72.2 cm³/mol. The summed E-state index contributed by atoms with van der Waals surface area (Å²) in [5, 5.41) is 2.90. The molecule has 0 aliphatic rings. The van der Waals surface area contributed by atoms with Crippen LogP contribution < -0.4 is 5.32 Å². The Balaban J connectivity index is 3.76. The highest BCUT2D eigenvalue weighted by Crippen LogP contribution is 2.13. The first-order chi connectivity index (χ1) is 8.65. The van der Waals surface area contributed by atoms with E-state index in [4.69, 9.17) is 4.74 Å². The van der Waals surface area contributed by atoms with Crippen LogP contribution in [0.2, 0.25) is 0 Å². The highest BCUT2D eigenvalue weighted by Gasteiger charge is 2.15. The second kappa shape index (κ2) is 11.1. The summed E-state index contributed by atoms with van der Waals surface area (Å²) in [5.74, 6) is 0.0653. The van der Waals surface area contributed by atoms with E-state index in [0.717, 1.165) is 25.7 Å². The van der Waals surface area contributed by atoms with E-state index in [1.165, 1.54) is 0 Å². The average Bonchev–Trinajstić information content (AvgIpc) is 2.34. The summed E-state index contributed by atoms with van der Waals surface area (Å²) < 4.78 is 4.82. The first kappa shape index (κ1) is 16.9. The van der Waals surface area contributed by atoms with Crippen LogP contribution in [-0.4, -0.2) is 25.0 Å². The fourth-order valence-electron chi connectivity index (χ4n) is 1.93. The quantitative estimate of drug-likeness (QED) is 0.483. The molecule has 0 unspecified atom stereocenters. The average molecular weight is 257 g/mol. The molecule has 0 heterocycles. The highest BCUT2D eigenvalue weighted by molar-refractivity contribution is 5.78. The van der Waals surface area contributed by atoms with Gasteiger partial charge in [-0.05, 0) is 26.2 Å². The van der Waals surface area contributed by atoms with Gasteiger partial charge in [0.1, 0.15) is 0 Å². The molecule has 4 heteroatoms. The van der Waals surface area contributed by atoms with Crippen LogP contribution in [0.3, 0.4) is 0 Å². The van der Waals surface area contributed by atoms with E-state index in [2.05, 4.69) is 19.2 Å². The molecule has 0 saturated carbocycles. The van der Waals surface area contributed by atoms with E-state index in [-0.39, 0.29) is 17.8 Å². The summed E-state index contributed by atoms with van der Waals surface area (Å²) in [7, 11) is 0. The van der Waals surface area contributed by atoms with E-state index in [9.17, 15) is 9.59 Å². The molecular formula is C14H27NO3. The first-order valence-corrected chi connectivity index (χ1v) is 7.08. The molecule has 0 aromatic heterocycles. The molecule has 0 fully saturated rings. The lowest BCUT2D eigenvalue weighted by atomic mass is 9.97. The van der Waals surface area contributed by atoms with Crippen molar-refractivity contribution < 1.29 is 14.3 Å². The number of amides is 1. The van der Waals surface area contributed by atoms with E-state index in [1.54, 1.807) is 6.92 Å². The van der Waals surface area contributed by atoms with Crippen LogP contribution in [0.15, 0.2) is 0 Å². The summed E-state index contributed by atoms with van der Waals surface area (Å²) in [6.07, 6.45) is 4.97. The molecule has 18 heavy (non-hydrogen) atoms. The van der Waals surface area contributed by atoms with Crippen molar-refractivity contribution in [1.29, 1.82) is 0 Å². The zero-order valence-electron chi connectivity index (χ0n) is 12.0. The minimum atomic E-state index is -0.189. The molecular weight excluding hydrogens is 230 g/mol. The Labute approximate surface area is 110 Å². The minimum Gasteiger partial charge on any atom is -0.466 e. The van der Waals surface area contributed by atoms with Gasteiger partial charge in [0.25, 0.3) is 0 Å². The third-order valence-corrected chi connectivity index (χ3v) is 2.81. The maximum atomic E-state index is 11.9. The lowest BCUT2D eigenvalue weighted by Crippen LogP contribution is -2.31. The second-order valence-electron chi connectivity index (χ2n) is 4.47. The molecule has 0 aromatic carbocycles. The largest absolute Gasteiger partial charge is 0.466 e. The number of hydrogen-bond donors (Lipinski definition) is 1. The molecule has 0 aromatic rings. The smallest absolute Gasteiger partial charge is 0.305 e. The third kappa shape index (κ3) is 8.09. The maximum Gasteiger partial charge on any atom is 0.305 e. The molecule has 0 aliphatic heterocycles. The molecule has 0 atom stereocenters. The number of nitrogens with one attached hydrogen (secondary N) is 1. The number of hydrogen-bond acceptors (Lipinski definition) is 3. The van der Waals surface area contributed by atoms with Gasteiger partial charge < -0.3 is 10.1 Å². The number of ether oxygens (including phenoxy) is 1. The molecule has 1 amide bonds. The van der Waals surface area contributed by atoms with Crippen LogP contribution in [0.25, 0.3) is 0 Å². The van der Waals surface area contributed by atoms with Crippen molar-refractivity contribution in [3.8, 4) is 0 Å². The van der Waals surface area contributed by atoms with Gasteiger partial charge in [0, 0.05) is 18.9 Å². The Hall–Kier alpha value is -1.06. The standard InChI is InChI=1S/C14H27NO3/c1-4-8-12(9-5-2)14(17)15-11-7-10-13(16)18-6-3/h12H,4-11H2,1-3H3,(H,15,17). The lowest BCUT2D eigenvalue weighted by molar-refractivity contribution is -0.143. The van der Waals surface area contributed by atoms with E-state index < -0.39 is 0 Å². The van der Waals surface area contributed by atoms with E-state index in [0.29, 0.717) is 26.0 Å². The monoisotopic (exact) mass is 257 g/mol. The zero-order chi connectivity index (χ0) is 13.8. The van der Waals surface area contributed by atoms with Crippen molar-refractivity contribution in [2.45, 2.75) is 59.3 Å². The van der Waals surface area contributed by atoms with Gasteiger partial charge in [-0.25, -0.2) is 0 Å². The maximum absolute atomic E-state index is 11.9. The van der Waals surface area contributed by atoms with Gasteiger partial charge in [0.05, 0.1) is 6.61 Å². The highest BCUT2D eigenvalue weighted by atomic mass is 16.5. The Morgan fingerprint density at radius 3 is 2.22 bits per heavy atom. The van der Waals surface area contributed by atoms with Crippen molar-refractivity contribution in [2.24, 2.45) is 5.92 Å². The summed E-state index contributed by atoms with van der Waals surface area (Å²) in [5.41, 5.74) is 0. The molecule has 4 nitrogen and oxygen atoms in total. The van der Waals surface area contributed by atoms with Gasteiger partial charge in [-0.3, -0.25) is 9.59 Å². The van der Waals surface area contributed by atoms with E-state index >= 15 is 0 Å². The Bertz CT molecular complexity index is 235. The summed E-state index contributed by atoms with van der Waals surface area (Å²) >= 11 is 0. The minimum absolute atomic E-state index is 0.127. The molecule has 0 aliphatic carbocycles. The molecule has 1 N–H and O–H groups in total. The van der Waals surface area contributed by atoms with Gasteiger partial charge in [0.2, 0.25) is 5.91 Å². The third-order valence-electron chi connectivity index (χ3n) is 2.81. The SMILES string of the molecule is CCCC(CCC)C(=O)NCCCC(=O)OCC. The summed E-state index contributed by atoms with van der Waals surface area (Å²) in [4.78, 5) is 23.0. The zero-order valence-corrected chi connectivity index (χ0v) is 12.0. The van der Waals surface area contributed by atoms with Crippen LogP contribution in [0, 0.1) is 5.92 Å². The molecule has 106 valence electrons. The van der Waals surface area contributed by atoms with Gasteiger partial charge in [-0.15, -0.1) is 0 Å².